The van der Waals surface area contributed by atoms with Crippen molar-refractivity contribution in [2.24, 2.45) is 4.99 Å². The fourth-order valence-corrected chi connectivity index (χ4v) is 6.63. The summed E-state index contributed by atoms with van der Waals surface area (Å²) in [5.74, 6) is 0. The van der Waals surface area contributed by atoms with Crippen LogP contribution in [0.4, 0.5) is 22.1 Å². The van der Waals surface area contributed by atoms with E-state index >= 15 is 0 Å². The lowest BCUT2D eigenvalue weighted by Gasteiger charge is -2.25. The Bertz CT molecular complexity index is 1940. The molecule has 0 spiro atoms. The van der Waals surface area contributed by atoms with Crippen LogP contribution in [0.25, 0.3) is 43.7 Å². The predicted molar refractivity (Wildman–Crippen MR) is 175 cm³/mol. The Kier molecular flexibility index (Phi) is 6.03. The zero-order valence-electron chi connectivity index (χ0n) is 22.2. The number of benzene rings is 5. The molecule has 192 valence electrons. The van der Waals surface area contributed by atoms with E-state index in [0.29, 0.717) is 0 Å². The van der Waals surface area contributed by atoms with Gasteiger partial charge >= 0.3 is 0 Å². The molecule has 2 heterocycles. The average Bonchev–Trinajstić information content (AvgIpc) is 3.53. The number of fused-ring (bicyclic) bond motifs is 4. The Labute approximate surface area is 237 Å². The van der Waals surface area contributed by atoms with Gasteiger partial charge in [0.05, 0.1) is 11.0 Å². The molecule has 0 saturated carbocycles. The monoisotopic (exact) mass is 533 g/mol. The van der Waals surface area contributed by atoms with Gasteiger partial charge in [-0.1, -0.05) is 72.8 Å². The van der Waals surface area contributed by atoms with Crippen molar-refractivity contribution in [3.63, 3.8) is 0 Å². The van der Waals surface area contributed by atoms with Gasteiger partial charge in [0, 0.05) is 49.2 Å². The predicted octanol–water partition coefficient (Wildman–Crippen LogP) is 10.8. The first kappa shape index (κ1) is 24.1. The van der Waals surface area contributed by atoms with Crippen LogP contribution in [0.5, 0.6) is 0 Å². The second kappa shape index (κ2) is 9.99. The van der Waals surface area contributed by atoms with Gasteiger partial charge in [-0.3, -0.25) is 4.99 Å². The zero-order valence-corrected chi connectivity index (χ0v) is 23.0. The van der Waals surface area contributed by atoms with Crippen molar-refractivity contribution in [3.8, 4) is 0 Å². The number of allylic oxidation sites excluding steroid dienone is 1. The Hall–Kier alpha value is -4.93. The van der Waals surface area contributed by atoms with Crippen LogP contribution in [0.1, 0.15) is 12.5 Å². The molecule has 0 aliphatic heterocycles. The number of hydrogen-bond donors (Lipinski definition) is 0. The van der Waals surface area contributed by atoms with Crippen molar-refractivity contribution < 1.29 is 0 Å². The SMILES string of the molecule is C=Nc1sc2ccc(N(c3ccccc3)c3ccccc3)cc2c1/C=C(\C)n1c2ccccc2c2ccccc21. The maximum atomic E-state index is 4.46. The largest absolute Gasteiger partial charge is 0.313 e. The number of hydrogen-bond acceptors (Lipinski definition) is 3. The van der Waals surface area contributed by atoms with Crippen molar-refractivity contribution in [1.29, 1.82) is 0 Å². The Balaban J connectivity index is 1.43. The third-order valence-corrected chi connectivity index (χ3v) is 8.53. The first-order valence-electron chi connectivity index (χ1n) is 13.3. The van der Waals surface area contributed by atoms with E-state index in [2.05, 4.69) is 162 Å². The fourth-order valence-electron chi connectivity index (χ4n) is 5.67. The van der Waals surface area contributed by atoms with Crippen LogP contribution < -0.4 is 4.90 Å². The second-order valence-electron chi connectivity index (χ2n) is 9.82. The number of para-hydroxylation sites is 4. The van der Waals surface area contributed by atoms with Gasteiger partial charge < -0.3 is 9.47 Å². The summed E-state index contributed by atoms with van der Waals surface area (Å²) in [6.45, 7) is 6.10. The molecule has 0 aliphatic rings. The molecular weight excluding hydrogens is 506 g/mol. The molecule has 0 bridgehead atoms. The summed E-state index contributed by atoms with van der Waals surface area (Å²) in [6.07, 6.45) is 2.26. The third kappa shape index (κ3) is 4.01. The van der Waals surface area contributed by atoms with Crippen molar-refractivity contribution >= 4 is 83.8 Å². The minimum Gasteiger partial charge on any atom is -0.313 e. The van der Waals surface area contributed by atoms with Crippen molar-refractivity contribution in [3.05, 3.63) is 133 Å². The van der Waals surface area contributed by atoms with Gasteiger partial charge in [0.25, 0.3) is 0 Å². The molecule has 0 amide bonds. The van der Waals surface area contributed by atoms with Gasteiger partial charge in [0.1, 0.15) is 5.00 Å². The highest BCUT2D eigenvalue weighted by molar-refractivity contribution is 7.23. The summed E-state index contributed by atoms with van der Waals surface area (Å²) in [5.41, 5.74) is 7.96. The maximum Gasteiger partial charge on any atom is 0.123 e. The van der Waals surface area contributed by atoms with Crippen molar-refractivity contribution in [1.82, 2.24) is 4.57 Å². The van der Waals surface area contributed by atoms with Gasteiger partial charge in [-0.2, -0.15) is 0 Å². The summed E-state index contributed by atoms with van der Waals surface area (Å²) >= 11 is 1.68. The van der Waals surface area contributed by atoms with Crippen LogP contribution in [-0.4, -0.2) is 11.3 Å². The molecule has 7 rings (SSSR count). The van der Waals surface area contributed by atoms with Crippen LogP contribution in [0.15, 0.2) is 132 Å². The lowest BCUT2D eigenvalue weighted by atomic mass is 10.1. The first-order valence-corrected chi connectivity index (χ1v) is 14.1. The molecule has 0 fully saturated rings. The normalized spacial score (nSPS) is 11.9. The Morgan fingerprint density at radius 1 is 0.675 bits per heavy atom. The summed E-state index contributed by atoms with van der Waals surface area (Å²) in [6, 6.07) is 44.9. The quantitative estimate of drug-likeness (QED) is 0.195. The van der Waals surface area contributed by atoms with Gasteiger partial charge in [0.2, 0.25) is 0 Å². The molecule has 4 heteroatoms. The molecule has 0 saturated heterocycles. The maximum absolute atomic E-state index is 4.46. The van der Waals surface area contributed by atoms with E-state index in [-0.39, 0.29) is 0 Å². The summed E-state index contributed by atoms with van der Waals surface area (Å²) < 4.78 is 3.54. The molecule has 0 unspecified atom stereocenters. The topological polar surface area (TPSA) is 20.5 Å². The van der Waals surface area contributed by atoms with Crippen LogP contribution in [-0.2, 0) is 0 Å². The van der Waals surface area contributed by atoms with E-state index in [4.69, 9.17) is 0 Å². The highest BCUT2D eigenvalue weighted by atomic mass is 32.1. The van der Waals surface area contributed by atoms with E-state index in [1.54, 1.807) is 11.3 Å². The Morgan fingerprint density at radius 3 is 1.80 bits per heavy atom. The number of aliphatic imine (C=N–C) groups is 1. The number of anilines is 3. The molecule has 7 aromatic rings. The molecule has 40 heavy (non-hydrogen) atoms. The minimum absolute atomic E-state index is 0.929. The van der Waals surface area contributed by atoms with Gasteiger partial charge in [-0.25, -0.2) is 0 Å². The van der Waals surface area contributed by atoms with E-state index in [1.165, 1.54) is 31.9 Å². The van der Waals surface area contributed by atoms with E-state index in [1.807, 2.05) is 0 Å². The zero-order chi connectivity index (χ0) is 27.1. The average molecular weight is 534 g/mol. The molecule has 0 aliphatic carbocycles. The molecule has 5 aromatic carbocycles. The van der Waals surface area contributed by atoms with Crippen LogP contribution in [0, 0.1) is 0 Å². The van der Waals surface area contributed by atoms with Gasteiger partial charge in [-0.15, -0.1) is 11.3 Å². The molecule has 0 atom stereocenters. The third-order valence-electron chi connectivity index (χ3n) is 7.41. The molecule has 3 nitrogen and oxygen atoms in total. The lowest BCUT2D eigenvalue weighted by molar-refractivity contribution is 1.21. The smallest absolute Gasteiger partial charge is 0.123 e. The van der Waals surface area contributed by atoms with Crippen molar-refractivity contribution in [2.75, 3.05) is 4.90 Å². The van der Waals surface area contributed by atoms with Gasteiger partial charge in [0.15, 0.2) is 0 Å². The van der Waals surface area contributed by atoms with Crippen LogP contribution >= 0.6 is 11.3 Å². The Morgan fingerprint density at radius 2 is 1.23 bits per heavy atom. The number of rotatable bonds is 6. The molecular formula is C36H27N3S. The van der Waals surface area contributed by atoms with Crippen LogP contribution in [0.2, 0.25) is 0 Å². The minimum atomic E-state index is 0.929. The molecule has 2 aromatic heterocycles. The van der Waals surface area contributed by atoms with Crippen LogP contribution in [0.3, 0.4) is 0 Å². The second-order valence-corrected chi connectivity index (χ2v) is 10.9. The summed E-state index contributed by atoms with van der Waals surface area (Å²) in [7, 11) is 0. The van der Waals surface area contributed by atoms with E-state index in [0.717, 1.165) is 33.3 Å². The highest BCUT2D eigenvalue weighted by Crippen LogP contribution is 2.44. The standard InChI is InChI=1S/C36H27N3S/c1-25(38-33-19-11-9-17-29(33)30-18-10-12-20-34(30)38)23-32-31-24-28(21-22-35(31)40-36(32)37-2)39(26-13-5-3-6-14-26)27-15-7-4-8-16-27/h3-24H,2H2,1H3/b25-23+. The fraction of sp³-hybridized carbons (Fsp3) is 0.0278. The van der Waals surface area contributed by atoms with E-state index in [9.17, 15) is 0 Å². The summed E-state index contributed by atoms with van der Waals surface area (Å²) in [4.78, 5) is 6.76. The molecule has 0 N–H and O–H groups in total. The number of nitrogens with zero attached hydrogens (tertiary/aromatic N) is 3. The number of aromatic nitrogens is 1. The number of thiophene rings is 1. The van der Waals surface area contributed by atoms with E-state index < -0.39 is 0 Å². The first-order chi connectivity index (χ1) is 19.7. The lowest BCUT2D eigenvalue weighted by Crippen LogP contribution is -2.09. The molecule has 0 radical (unpaired) electrons. The van der Waals surface area contributed by atoms with Gasteiger partial charge in [-0.05, 0) is 74.3 Å². The van der Waals surface area contributed by atoms with Crippen molar-refractivity contribution in [2.45, 2.75) is 6.92 Å². The summed E-state index contributed by atoms with van der Waals surface area (Å²) in [5, 5.41) is 4.61. The highest BCUT2D eigenvalue weighted by Gasteiger charge is 2.17.